The maximum atomic E-state index is 12.2. The molecule has 0 bridgehead atoms. The Balaban J connectivity index is 1.48. The van der Waals surface area contributed by atoms with Crippen LogP contribution in [0.2, 0.25) is 0 Å². The maximum absolute atomic E-state index is 12.2. The number of nitrogens with one attached hydrogen (secondary N) is 2. The number of aromatic nitrogens is 1. The summed E-state index contributed by atoms with van der Waals surface area (Å²) in [6.45, 7) is 2.01. The Kier molecular flexibility index (Phi) is 7.02. The molecule has 1 aromatic heterocycles. The van der Waals surface area contributed by atoms with E-state index in [0.717, 1.165) is 31.6 Å². The third-order valence-corrected chi connectivity index (χ3v) is 4.82. The van der Waals surface area contributed by atoms with Crippen LogP contribution < -0.4 is 15.4 Å². The average molecular weight is 398 g/mol. The summed E-state index contributed by atoms with van der Waals surface area (Å²) in [6.07, 6.45) is 1.78. The molecule has 0 radical (unpaired) electrons. The number of ether oxygens (including phenoxy) is 2. The molecule has 1 aromatic carbocycles. The molecule has 1 aliphatic heterocycles. The minimum atomic E-state index is -0.483. The van der Waals surface area contributed by atoms with Gasteiger partial charge in [0, 0.05) is 24.8 Å². The summed E-state index contributed by atoms with van der Waals surface area (Å²) in [5.74, 6) is 0.391. The van der Waals surface area contributed by atoms with Gasteiger partial charge >= 0.3 is 5.97 Å². The fourth-order valence-electron chi connectivity index (χ4n) is 3.31. The van der Waals surface area contributed by atoms with Gasteiger partial charge in [-0.15, -0.1) is 0 Å². The second-order valence-corrected chi connectivity index (χ2v) is 6.85. The van der Waals surface area contributed by atoms with Crippen molar-refractivity contribution in [1.82, 2.24) is 9.88 Å². The fourth-order valence-corrected chi connectivity index (χ4v) is 3.31. The van der Waals surface area contributed by atoms with Gasteiger partial charge in [-0.1, -0.05) is 18.2 Å². The SMILES string of the molecule is COC(=O)c1ccc(NC2CCN(CC(=O)Nc3ccccc3)CC2)nc1OC. The summed E-state index contributed by atoms with van der Waals surface area (Å²) >= 11 is 0. The second kappa shape index (κ2) is 9.88. The van der Waals surface area contributed by atoms with Crippen molar-refractivity contribution in [2.75, 3.05) is 44.5 Å². The molecular formula is C21H26N4O4. The minimum Gasteiger partial charge on any atom is -0.480 e. The number of hydrogen-bond acceptors (Lipinski definition) is 7. The number of carbonyl (C=O) groups excluding carboxylic acids is 2. The lowest BCUT2D eigenvalue weighted by atomic mass is 10.0. The van der Waals surface area contributed by atoms with E-state index >= 15 is 0 Å². The summed E-state index contributed by atoms with van der Waals surface area (Å²) in [4.78, 5) is 30.4. The highest BCUT2D eigenvalue weighted by molar-refractivity contribution is 5.92. The number of amides is 1. The van der Waals surface area contributed by atoms with Gasteiger partial charge in [-0.05, 0) is 37.1 Å². The number of benzene rings is 1. The molecular weight excluding hydrogens is 372 g/mol. The Labute approximate surface area is 170 Å². The molecule has 8 heteroatoms. The summed E-state index contributed by atoms with van der Waals surface area (Å²) in [7, 11) is 2.79. The number of hydrogen-bond donors (Lipinski definition) is 2. The lowest BCUT2D eigenvalue weighted by molar-refractivity contribution is -0.117. The monoisotopic (exact) mass is 398 g/mol. The van der Waals surface area contributed by atoms with E-state index in [1.165, 1.54) is 14.2 Å². The Morgan fingerprint density at radius 2 is 1.83 bits per heavy atom. The van der Waals surface area contributed by atoms with Crippen molar-refractivity contribution in [3.8, 4) is 5.88 Å². The number of carbonyl (C=O) groups is 2. The first-order valence-corrected chi connectivity index (χ1v) is 9.56. The highest BCUT2D eigenvalue weighted by Crippen LogP contribution is 2.22. The molecule has 2 aromatic rings. The first-order chi connectivity index (χ1) is 14.1. The van der Waals surface area contributed by atoms with Crippen LogP contribution in [0.4, 0.5) is 11.5 Å². The van der Waals surface area contributed by atoms with Crippen molar-refractivity contribution in [1.29, 1.82) is 0 Å². The number of piperidine rings is 1. The molecule has 0 spiro atoms. The highest BCUT2D eigenvalue weighted by atomic mass is 16.5. The molecule has 1 saturated heterocycles. The molecule has 1 amide bonds. The molecule has 1 fully saturated rings. The second-order valence-electron chi connectivity index (χ2n) is 6.85. The van der Waals surface area contributed by atoms with Crippen LogP contribution in [0.3, 0.4) is 0 Å². The summed E-state index contributed by atoms with van der Waals surface area (Å²) in [5.41, 5.74) is 1.10. The number of methoxy groups -OCH3 is 2. The van der Waals surface area contributed by atoms with Gasteiger partial charge in [0.1, 0.15) is 11.4 Å². The first kappa shape index (κ1) is 20.6. The van der Waals surface area contributed by atoms with Crippen LogP contribution in [0, 0.1) is 0 Å². The maximum Gasteiger partial charge on any atom is 0.343 e. The van der Waals surface area contributed by atoms with Crippen LogP contribution in [0.15, 0.2) is 42.5 Å². The quantitative estimate of drug-likeness (QED) is 0.692. The van der Waals surface area contributed by atoms with E-state index in [2.05, 4.69) is 20.5 Å². The molecule has 154 valence electrons. The molecule has 0 saturated carbocycles. The molecule has 3 rings (SSSR count). The largest absolute Gasteiger partial charge is 0.480 e. The van der Waals surface area contributed by atoms with Gasteiger partial charge in [0.05, 0.1) is 20.8 Å². The van der Waals surface area contributed by atoms with Gasteiger partial charge in [-0.2, -0.15) is 4.98 Å². The van der Waals surface area contributed by atoms with Crippen molar-refractivity contribution >= 4 is 23.4 Å². The molecule has 1 aliphatic rings. The van der Waals surface area contributed by atoms with Crippen LogP contribution in [0.25, 0.3) is 0 Å². The van der Waals surface area contributed by atoms with Crippen LogP contribution in [0.5, 0.6) is 5.88 Å². The van der Waals surface area contributed by atoms with Crippen LogP contribution in [0.1, 0.15) is 23.2 Å². The van der Waals surface area contributed by atoms with Crippen molar-refractivity contribution in [2.45, 2.75) is 18.9 Å². The van der Waals surface area contributed by atoms with Crippen LogP contribution in [-0.4, -0.2) is 61.7 Å². The lowest BCUT2D eigenvalue weighted by Gasteiger charge is -2.32. The predicted octanol–water partition coefficient (Wildman–Crippen LogP) is 2.39. The molecule has 29 heavy (non-hydrogen) atoms. The molecule has 2 N–H and O–H groups in total. The van der Waals surface area contributed by atoms with Crippen LogP contribution in [-0.2, 0) is 9.53 Å². The van der Waals surface area contributed by atoms with E-state index < -0.39 is 5.97 Å². The number of likely N-dealkylation sites (tertiary alicyclic amines) is 1. The molecule has 8 nitrogen and oxygen atoms in total. The number of para-hydroxylation sites is 1. The van der Waals surface area contributed by atoms with E-state index in [1.807, 2.05) is 30.3 Å². The Hall–Kier alpha value is -3.13. The van der Waals surface area contributed by atoms with Gasteiger partial charge < -0.3 is 20.1 Å². The Morgan fingerprint density at radius 1 is 1.10 bits per heavy atom. The molecule has 0 atom stereocenters. The van der Waals surface area contributed by atoms with Gasteiger partial charge in [-0.3, -0.25) is 9.69 Å². The van der Waals surface area contributed by atoms with E-state index in [4.69, 9.17) is 9.47 Å². The lowest BCUT2D eigenvalue weighted by Crippen LogP contribution is -2.42. The third kappa shape index (κ3) is 5.68. The summed E-state index contributed by atoms with van der Waals surface area (Å²) in [5, 5.41) is 6.30. The zero-order valence-corrected chi connectivity index (χ0v) is 16.7. The zero-order chi connectivity index (χ0) is 20.6. The van der Waals surface area contributed by atoms with E-state index in [-0.39, 0.29) is 17.8 Å². The predicted molar refractivity (Wildman–Crippen MR) is 110 cm³/mol. The van der Waals surface area contributed by atoms with Crippen molar-refractivity contribution in [2.24, 2.45) is 0 Å². The smallest absolute Gasteiger partial charge is 0.343 e. The minimum absolute atomic E-state index is 0.00703. The Bertz CT molecular complexity index is 836. The molecule has 0 aliphatic carbocycles. The van der Waals surface area contributed by atoms with E-state index in [1.54, 1.807) is 12.1 Å². The number of pyridine rings is 1. The molecule has 0 unspecified atom stereocenters. The van der Waals surface area contributed by atoms with Crippen molar-refractivity contribution in [3.63, 3.8) is 0 Å². The number of nitrogens with zero attached hydrogens (tertiary/aromatic N) is 2. The van der Waals surface area contributed by atoms with Gasteiger partial charge in [0.25, 0.3) is 0 Å². The van der Waals surface area contributed by atoms with E-state index in [0.29, 0.717) is 17.9 Å². The normalized spacial score (nSPS) is 14.8. The van der Waals surface area contributed by atoms with Gasteiger partial charge in [0.15, 0.2) is 0 Å². The van der Waals surface area contributed by atoms with Gasteiger partial charge in [0.2, 0.25) is 11.8 Å². The Morgan fingerprint density at radius 3 is 2.48 bits per heavy atom. The zero-order valence-electron chi connectivity index (χ0n) is 16.7. The number of esters is 1. The fraction of sp³-hybridized carbons (Fsp3) is 0.381. The average Bonchev–Trinajstić information content (AvgIpc) is 2.75. The molecule has 2 heterocycles. The number of rotatable bonds is 7. The van der Waals surface area contributed by atoms with Crippen molar-refractivity contribution in [3.05, 3.63) is 48.0 Å². The topological polar surface area (TPSA) is 92.8 Å². The first-order valence-electron chi connectivity index (χ1n) is 9.56. The third-order valence-electron chi connectivity index (χ3n) is 4.82. The van der Waals surface area contributed by atoms with E-state index in [9.17, 15) is 9.59 Å². The highest BCUT2D eigenvalue weighted by Gasteiger charge is 2.22. The summed E-state index contributed by atoms with van der Waals surface area (Å²) < 4.78 is 9.94. The number of anilines is 2. The standard InChI is InChI=1S/C21H26N4O4/c1-28-20-17(21(27)29-2)8-9-18(24-20)22-16-10-12-25(13-11-16)14-19(26)23-15-6-4-3-5-7-15/h3-9,16H,10-14H2,1-2H3,(H,22,24)(H,23,26). The van der Waals surface area contributed by atoms with Gasteiger partial charge in [-0.25, -0.2) is 4.79 Å². The summed E-state index contributed by atoms with van der Waals surface area (Å²) in [6, 6.07) is 13.1. The van der Waals surface area contributed by atoms with Crippen molar-refractivity contribution < 1.29 is 19.1 Å². The van der Waals surface area contributed by atoms with Crippen LogP contribution >= 0.6 is 0 Å².